The number of benzene rings is 3. The number of thioether (sulfide) groups is 2. The molecule has 3 aliphatic heterocycles. The molecule has 1 amide bonds. The fourth-order valence-corrected chi connectivity index (χ4v) is 9.06. The molecule has 222 valence electrons. The second-order valence-electron chi connectivity index (χ2n) is 11.7. The summed E-state index contributed by atoms with van der Waals surface area (Å²) in [6, 6.07) is 12.0. The first-order chi connectivity index (χ1) is 20.8. The number of fused-ring (bicyclic) bond motifs is 13. The smallest absolute Gasteiger partial charge is 0.345 e. The number of esters is 1. The minimum Gasteiger partial charge on any atom is -0.467 e. The highest BCUT2D eigenvalue weighted by molar-refractivity contribution is 7.98. The highest BCUT2D eigenvalue weighted by Gasteiger charge is 2.68. The minimum absolute atomic E-state index is 0.0945. The summed E-state index contributed by atoms with van der Waals surface area (Å²) >= 11 is 3.70. The SMILES string of the molecule is CCSCc1ccc2c(c1)c1c3c(c4c5cc(CSCC)ccc5n5c4c1n2C1CO[C@@]5(C)[C@@]1(O)C(=O)OC)CNC3=O. The number of nitrogens with zero attached hydrogens (tertiary/aromatic N) is 2. The van der Waals surface area contributed by atoms with Crippen molar-refractivity contribution in [2.24, 2.45) is 0 Å². The summed E-state index contributed by atoms with van der Waals surface area (Å²) in [4.78, 5) is 27.5. The van der Waals surface area contributed by atoms with Crippen LogP contribution >= 0.6 is 23.5 Å². The third-order valence-electron chi connectivity index (χ3n) is 9.72. The molecule has 2 aromatic heterocycles. The molecule has 0 aliphatic carbocycles. The van der Waals surface area contributed by atoms with E-state index < -0.39 is 23.3 Å². The maximum absolute atomic E-state index is 13.8. The number of aliphatic hydroxyl groups is 1. The molecule has 3 aliphatic rings. The monoisotopic (exact) mass is 615 g/mol. The van der Waals surface area contributed by atoms with Gasteiger partial charge >= 0.3 is 5.97 Å². The maximum atomic E-state index is 13.8. The summed E-state index contributed by atoms with van der Waals surface area (Å²) in [5, 5.41) is 19.6. The van der Waals surface area contributed by atoms with Crippen LogP contribution in [0.3, 0.4) is 0 Å². The summed E-state index contributed by atoms with van der Waals surface area (Å²) in [5.74, 6) is 2.89. The Hall–Kier alpha value is -3.18. The molecule has 1 fully saturated rings. The summed E-state index contributed by atoms with van der Waals surface area (Å²) in [6.45, 7) is 6.60. The molecule has 5 aromatic rings. The second-order valence-corrected chi connectivity index (χ2v) is 14.3. The molecule has 8 rings (SSSR count). The predicted molar refractivity (Wildman–Crippen MR) is 173 cm³/mol. The van der Waals surface area contributed by atoms with Gasteiger partial charge < -0.3 is 29.0 Å². The van der Waals surface area contributed by atoms with Gasteiger partial charge in [0, 0.05) is 45.1 Å². The van der Waals surface area contributed by atoms with Crippen LogP contribution in [0.25, 0.3) is 43.6 Å². The standard InChI is InChI=1S/C33H33N3O5S2/c1-5-42-15-17-7-9-22-19(11-17)26-27-21(13-34-30(27)37)25-20-12-18(16-43-6-2)8-10-23(20)36-29(25)28(26)35(22)24-14-41-32(36,3)33(24,39)31(38)40-4/h7-12,24,39H,5-6,13-16H2,1-4H3,(H,34,37)/t24?,32-,33-/m0/s1. The summed E-state index contributed by atoms with van der Waals surface area (Å²) in [6.07, 6.45) is 0. The largest absolute Gasteiger partial charge is 0.467 e. The molecule has 1 saturated heterocycles. The van der Waals surface area contributed by atoms with Gasteiger partial charge in [0.25, 0.3) is 5.91 Å². The number of hydrogen-bond donors (Lipinski definition) is 2. The van der Waals surface area contributed by atoms with Gasteiger partial charge in [-0.2, -0.15) is 23.5 Å². The Bertz CT molecular complexity index is 2050. The van der Waals surface area contributed by atoms with Crippen molar-refractivity contribution in [3.05, 3.63) is 58.7 Å². The van der Waals surface area contributed by atoms with Crippen molar-refractivity contribution in [1.29, 1.82) is 0 Å². The Morgan fingerprint density at radius 1 is 1.05 bits per heavy atom. The topological polar surface area (TPSA) is 94.7 Å². The van der Waals surface area contributed by atoms with Crippen molar-refractivity contribution >= 4 is 79.0 Å². The van der Waals surface area contributed by atoms with E-state index in [1.807, 2.05) is 28.1 Å². The van der Waals surface area contributed by atoms with E-state index >= 15 is 0 Å². The third-order valence-corrected chi connectivity index (χ3v) is 11.6. The number of carbonyl (C=O) groups is 2. The van der Waals surface area contributed by atoms with Crippen LogP contribution in [0, 0.1) is 0 Å². The number of carbonyl (C=O) groups excluding carboxylic acids is 2. The molecule has 8 nitrogen and oxygen atoms in total. The van der Waals surface area contributed by atoms with Crippen LogP contribution in [-0.2, 0) is 38.0 Å². The first-order valence-electron chi connectivity index (χ1n) is 14.8. The van der Waals surface area contributed by atoms with Gasteiger partial charge in [-0.1, -0.05) is 26.0 Å². The van der Waals surface area contributed by atoms with E-state index in [9.17, 15) is 14.7 Å². The van der Waals surface area contributed by atoms with Crippen LogP contribution in [-0.4, -0.2) is 56.9 Å². The lowest BCUT2D eigenvalue weighted by atomic mass is 9.86. The van der Waals surface area contributed by atoms with E-state index in [0.717, 1.165) is 77.8 Å². The van der Waals surface area contributed by atoms with Crippen LogP contribution in [0.5, 0.6) is 0 Å². The maximum Gasteiger partial charge on any atom is 0.345 e. The van der Waals surface area contributed by atoms with Crippen LogP contribution < -0.4 is 5.32 Å². The molecular weight excluding hydrogens is 583 g/mol. The van der Waals surface area contributed by atoms with E-state index in [4.69, 9.17) is 9.47 Å². The lowest BCUT2D eigenvalue weighted by Gasteiger charge is -2.39. The Balaban J connectivity index is 1.63. The van der Waals surface area contributed by atoms with Crippen molar-refractivity contribution < 1.29 is 24.2 Å². The zero-order chi connectivity index (χ0) is 29.8. The number of amides is 1. The first kappa shape index (κ1) is 27.4. The quantitative estimate of drug-likeness (QED) is 0.223. The molecule has 0 saturated carbocycles. The first-order valence-corrected chi connectivity index (χ1v) is 17.1. The molecule has 1 unspecified atom stereocenters. The fraction of sp³-hybridized carbons (Fsp3) is 0.394. The van der Waals surface area contributed by atoms with E-state index in [1.165, 1.54) is 12.7 Å². The fourth-order valence-electron chi connectivity index (χ4n) is 7.82. The van der Waals surface area contributed by atoms with Crippen molar-refractivity contribution in [3.63, 3.8) is 0 Å². The van der Waals surface area contributed by atoms with E-state index in [1.54, 1.807) is 6.92 Å². The highest BCUT2D eigenvalue weighted by atomic mass is 32.2. The summed E-state index contributed by atoms with van der Waals surface area (Å²) in [5.41, 5.74) is 3.89. The molecule has 2 bridgehead atoms. The molecular formula is C33H33N3O5S2. The minimum atomic E-state index is -2.04. The number of methoxy groups -OCH3 is 1. The lowest BCUT2D eigenvalue weighted by molar-refractivity contribution is -0.199. The van der Waals surface area contributed by atoms with Crippen LogP contribution in [0.4, 0.5) is 0 Å². The number of nitrogens with one attached hydrogen (secondary N) is 1. The van der Waals surface area contributed by atoms with Gasteiger partial charge in [0.15, 0.2) is 5.72 Å². The number of hydrogen-bond acceptors (Lipinski definition) is 7. The van der Waals surface area contributed by atoms with Crippen molar-refractivity contribution in [3.8, 4) is 0 Å². The van der Waals surface area contributed by atoms with Crippen molar-refractivity contribution in [2.75, 3.05) is 25.2 Å². The van der Waals surface area contributed by atoms with E-state index in [-0.39, 0.29) is 12.5 Å². The van der Waals surface area contributed by atoms with E-state index in [0.29, 0.717) is 12.1 Å². The summed E-state index contributed by atoms with van der Waals surface area (Å²) in [7, 11) is 1.31. The van der Waals surface area contributed by atoms with Gasteiger partial charge in [-0.15, -0.1) is 0 Å². The molecule has 43 heavy (non-hydrogen) atoms. The molecule has 5 heterocycles. The predicted octanol–water partition coefficient (Wildman–Crippen LogP) is 5.81. The molecule has 0 radical (unpaired) electrons. The van der Waals surface area contributed by atoms with Crippen LogP contribution in [0.1, 0.15) is 53.9 Å². The number of rotatable bonds is 7. The normalized spacial score (nSPS) is 24.0. The average Bonchev–Trinajstić information content (AvgIpc) is 3.71. The van der Waals surface area contributed by atoms with Crippen LogP contribution in [0.15, 0.2) is 36.4 Å². The molecule has 2 N–H and O–H groups in total. The zero-order valence-corrected chi connectivity index (χ0v) is 26.2. The molecule has 3 atom stereocenters. The van der Waals surface area contributed by atoms with Gasteiger partial charge in [-0.25, -0.2) is 4.79 Å². The number of ether oxygens (including phenoxy) is 2. The van der Waals surface area contributed by atoms with E-state index in [2.05, 4.69) is 60.1 Å². The lowest BCUT2D eigenvalue weighted by Crippen LogP contribution is -2.59. The van der Waals surface area contributed by atoms with Crippen molar-refractivity contribution in [1.82, 2.24) is 14.5 Å². The highest BCUT2D eigenvalue weighted by Crippen LogP contribution is 2.57. The average molecular weight is 616 g/mol. The number of aromatic nitrogens is 2. The van der Waals surface area contributed by atoms with Gasteiger partial charge in [0.05, 0.1) is 35.8 Å². The van der Waals surface area contributed by atoms with Gasteiger partial charge in [0.1, 0.15) is 6.04 Å². The molecule has 10 heteroatoms. The zero-order valence-electron chi connectivity index (χ0n) is 24.6. The Morgan fingerprint density at radius 3 is 2.35 bits per heavy atom. The summed E-state index contributed by atoms with van der Waals surface area (Å²) < 4.78 is 16.0. The molecule has 3 aromatic carbocycles. The van der Waals surface area contributed by atoms with Crippen molar-refractivity contribution in [2.45, 2.75) is 56.2 Å². The van der Waals surface area contributed by atoms with Gasteiger partial charge in [0.2, 0.25) is 5.60 Å². The van der Waals surface area contributed by atoms with Crippen LogP contribution in [0.2, 0.25) is 0 Å². The Morgan fingerprint density at radius 2 is 1.70 bits per heavy atom. The third kappa shape index (κ3) is 3.27. The second kappa shape index (κ2) is 9.41. The van der Waals surface area contributed by atoms with Gasteiger partial charge in [-0.05, 0) is 59.4 Å². The van der Waals surface area contributed by atoms with Gasteiger partial charge in [-0.3, -0.25) is 4.79 Å². The Labute approximate surface area is 257 Å². The Kier molecular flexibility index (Phi) is 5.99. The molecule has 0 spiro atoms.